The molecule has 0 aliphatic carbocycles. The number of carbonyl (C=O) groups is 1. The van der Waals surface area contributed by atoms with Crippen LogP contribution < -0.4 is 10.2 Å². The van der Waals surface area contributed by atoms with Crippen molar-refractivity contribution >= 4 is 17.4 Å². The van der Waals surface area contributed by atoms with E-state index >= 15 is 0 Å². The second-order valence-corrected chi connectivity index (χ2v) is 6.59. The molecular formula is C18H30N4O2. The first-order chi connectivity index (χ1) is 11.6. The van der Waals surface area contributed by atoms with Crippen molar-refractivity contribution in [2.24, 2.45) is 0 Å². The van der Waals surface area contributed by atoms with E-state index in [-0.39, 0.29) is 18.6 Å². The summed E-state index contributed by atoms with van der Waals surface area (Å²) in [5.74, 6) is 1.00. The summed E-state index contributed by atoms with van der Waals surface area (Å²) in [7, 11) is 1.92. The smallest absolute Gasteiger partial charge is 0.224 e. The Hall–Kier alpha value is -1.82. The number of likely N-dealkylation sites (tertiary alicyclic amines) is 1. The summed E-state index contributed by atoms with van der Waals surface area (Å²) < 4.78 is 0. The Morgan fingerprint density at radius 2 is 2.04 bits per heavy atom. The van der Waals surface area contributed by atoms with Gasteiger partial charge in [0, 0.05) is 39.1 Å². The average Bonchev–Trinajstić information content (AvgIpc) is 2.85. The Labute approximate surface area is 144 Å². The third kappa shape index (κ3) is 5.67. The van der Waals surface area contributed by atoms with Crippen molar-refractivity contribution in [2.45, 2.75) is 45.1 Å². The number of hydrogen-bond donors (Lipinski definition) is 2. The first-order valence-corrected chi connectivity index (χ1v) is 8.92. The number of aromatic nitrogens is 1. The minimum atomic E-state index is 0.0503. The number of rotatable bonds is 7. The van der Waals surface area contributed by atoms with Crippen LogP contribution in [0.5, 0.6) is 0 Å². The normalized spacial score (nSPS) is 16.4. The molecule has 1 aliphatic heterocycles. The third-order valence-corrected chi connectivity index (χ3v) is 4.46. The van der Waals surface area contributed by atoms with Gasteiger partial charge >= 0.3 is 0 Å². The van der Waals surface area contributed by atoms with Crippen molar-refractivity contribution in [3.8, 4) is 0 Å². The van der Waals surface area contributed by atoms with Crippen molar-refractivity contribution in [1.82, 2.24) is 9.88 Å². The second kappa shape index (κ2) is 9.47. The highest BCUT2D eigenvalue weighted by atomic mass is 16.3. The second-order valence-electron chi connectivity index (χ2n) is 6.59. The molecule has 1 fully saturated rings. The number of aliphatic hydroxyl groups is 1. The van der Waals surface area contributed by atoms with Crippen LogP contribution in [0.1, 0.15) is 39.0 Å². The summed E-state index contributed by atoms with van der Waals surface area (Å²) in [5.41, 5.74) is 0.961. The summed E-state index contributed by atoms with van der Waals surface area (Å²) in [5, 5.41) is 12.3. The number of carbonyl (C=O) groups excluding carboxylic acids is 1. The third-order valence-electron chi connectivity index (χ3n) is 4.46. The Bertz CT molecular complexity index is 498. The van der Waals surface area contributed by atoms with Gasteiger partial charge in [-0.25, -0.2) is 4.98 Å². The van der Waals surface area contributed by atoms with E-state index in [0.717, 1.165) is 37.4 Å². The molecule has 2 N–H and O–H groups in total. The van der Waals surface area contributed by atoms with Crippen LogP contribution in [-0.4, -0.2) is 60.2 Å². The van der Waals surface area contributed by atoms with E-state index in [1.165, 1.54) is 12.8 Å². The van der Waals surface area contributed by atoms with Gasteiger partial charge < -0.3 is 20.2 Å². The van der Waals surface area contributed by atoms with Crippen LogP contribution in [-0.2, 0) is 4.79 Å². The number of aliphatic hydroxyl groups excluding tert-OH is 1. The molecule has 6 nitrogen and oxygen atoms in total. The number of nitrogens with one attached hydrogen (secondary N) is 1. The van der Waals surface area contributed by atoms with E-state index in [1.54, 1.807) is 6.20 Å². The standard InChI is InChI=1S/C18H30N4O2/c1-15(13-18(24)22-9-5-3-4-6-10-22)20-17-8-7-16(14-19-17)21(2)11-12-23/h7-8,14-15,23H,3-6,9-13H2,1-2H3,(H,19,20). The van der Waals surface area contributed by atoms with Gasteiger partial charge in [0.2, 0.25) is 5.91 Å². The number of hydrogen-bond acceptors (Lipinski definition) is 5. The zero-order valence-corrected chi connectivity index (χ0v) is 14.9. The molecular weight excluding hydrogens is 304 g/mol. The number of amides is 1. The summed E-state index contributed by atoms with van der Waals surface area (Å²) in [6.07, 6.45) is 6.99. The summed E-state index contributed by atoms with van der Waals surface area (Å²) in [4.78, 5) is 20.8. The van der Waals surface area contributed by atoms with Crippen molar-refractivity contribution < 1.29 is 9.90 Å². The van der Waals surface area contributed by atoms with Crippen LogP contribution in [0.2, 0.25) is 0 Å². The quantitative estimate of drug-likeness (QED) is 0.799. The van der Waals surface area contributed by atoms with E-state index in [9.17, 15) is 4.79 Å². The predicted octanol–water partition coefficient (Wildman–Crippen LogP) is 2.10. The Morgan fingerprint density at radius 1 is 1.33 bits per heavy atom. The lowest BCUT2D eigenvalue weighted by atomic mass is 10.2. The number of nitrogens with zero attached hydrogens (tertiary/aromatic N) is 3. The molecule has 2 heterocycles. The lowest BCUT2D eigenvalue weighted by Crippen LogP contribution is -2.35. The molecule has 1 amide bonds. The maximum absolute atomic E-state index is 12.4. The SMILES string of the molecule is CC(CC(=O)N1CCCCCC1)Nc1ccc(N(C)CCO)cn1. The van der Waals surface area contributed by atoms with E-state index in [0.29, 0.717) is 13.0 Å². The van der Waals surface area contributed by atoms with Crippen molar-refractivity contribution in [2.75, 3.05) is 43.5 Å². The summed E-state index contributed by atoms with van der Waals surface area (Å²) in [6.45, 7) is 4.51. The van der Waals surface area contributed by atoms with Crippen LogP contribution >= 0.6 is 0 Å². The van der Waals surface area contributed by atoms with Gasteiger partial charge in [0.25, 0.3) is 0 Å². The fourth-order valence-corrected chi connectivity index (χ4v) is 2.99. The first kappa shape index (κ1) is 18.5. The molecule has 0 radical (unpaired) electrons. The van der Waals surface area contributed by atoms with E-state index < -0.39 is 0 Å². The molecule has 1 atom stereocenters. The first-order valence-electron chi connectivity index (χ1n) is 8.92. The molecule has 1 aliphatic rings. The number of pyridine rings is 1. The van der Waals surface area contributed by atoms with Crippen LogP contribution in [0.3, 0.4) is 0 Å². The zero-order chi connectivity index (χ0) is 17.4. The highest BCUT2D eigenvalue weighted by Crippen LogP contribution is 2.16. The van der Waals surface area contributed by atoms with Crippen molar-refractivity contribution in [3.63, 3.8) is 0 Å². The van der Waals surface area contributed by atoms with Gasteiger partial charge in [0.15, 0.2) is 0 Å². The summed E-state index contributed by atoms with van der Waals surface area (Å²) >= 11 is 0. The van der Waals surface area contributed by atoms with Crippen LogP contribution in [0.15, 0.2) is 18.3 Å². The molecule has 1 saturated heterocycles. The molecule has 24 heavy (non-hydrogen) atoms. The lowest BCUT2D eigenvalue weighted by molar-refractivity contribution is -0.131. The minimum Gasteiger partial charge on any atom is -0.395 e. The predicted molar refractivity (Wildman–Crippen MR) is 97.3 cm³/mol. The topological polar surface area (TPSA) is 68.7 Å². The maximum Gasteiger partial charge on any atom is 0.224 e. The van der Waals surface area contributed by atoms with Crippen LogP contribution in [0.4, 0.5) is 11.5 Å². The molecule has 0 spiro atoms. The fourth-order valence-electron chi connectivity index (χ4n) is 2.99. The van der Waals surface area contributed by atoms with E-state index in [2.05, 4.69) is 10.3 Å². The Balaban J connectivity index is 1.82. The molecule has 0 aromatic carbocycles. The maximum atomic E-state index is 12.4. The Morgan fingerprint density at radius 3 is 2.62 bits per heavy atom. The highest BCUT2D eigenvalue weighted by Gasteiger charge is 2.18. The molecule has 0 saturated carbocycles. The van der Waals surface area contributed by atoms with Gasteiger partial charge in [-0.3, -0.25) is 4.79 Å². The van der Waals surface area contributed by atoms with Gasteiger partial charge in [-0.05, 0) is 31.9 Å². The van der Waals surface area contributed by atoms with Gasteiger partial charge in [-0.2, -0.15) is 0 Å². The summed E-state index contributed by atoms with van der Waals surface area (Å²) in [6, 6.07) is 3.93. The van der Waals surface area contributed by atoms with Gasteiger partial charge in [-0.1, -0.05) is 12.8 Å². The lowest BCUT2D eigenvalue weighted by Gasteiger charge is -2.23. The molecule has 134 valence electrons. The number of likely N-dealkylation sites (N-methyl/N-ethyl adjacent to an activating group) is 1. The monoisotopic (exact) mass is 334 g/mol. The molecule has 1 aromatic rings. The van der Waals surface area contributed by atoms with Crippen molar-refractivity contribution in [1.29, 1.82) is 0 Å². The van der Waals surface area contributed by atoms with Gasteiger partial charge in [0.1, 0.15) is 5.82 Å². The molecule has 6 heteroatoms. The van der Waals surface area contributed by atoms with Gasteiger partial charge in [0.05, 0.1) is 18.5 Å². The molecule has 1 unspecified atom stereocenters. The minimum absolute atomic E-state index is 0.0503. The van der Waals surface area contributed by atoms with Crippen LogP contribution in [0, 0.1) is 0 Å². The molecule has 1 aromatic heterocycles. The van der Waals surface area contributed by atoms with Crippen LogP contribution in [0.25, 0.3) is 0 Å². The zero-order valence-electron chi connectivity index (χ0n) is 14.9. The average molecular weight is 334 g/mol. The van der Waals surface area contributed by atoms with Crippen molar-refractivity contribution in [3.05, 3.63) is 18.3 Å². The molecule has 2 rings (SSSR count). The Kier molecular flexibility index (Phi) is 7.31. The fraction of sp³-hybridized carbons (Fsp3) is 0.667. The largest absolute Gasteiger partial charge is 0.395 e. The van der Waals surface area contributed by atoms with E-state index in [4.69, 9.17) is 5.11 Å². The molecule has 0 bridgehead atoms. The number of anilines is 2. The highest BCUT2D eigenvalue weighted by molar-refractivity contribution is 5.77. The van der Waals surface area contributed by atoms with Gasteiger partial charge in [-0.15, -0.1) is 0 Å². The van der Waals surface area contributed by atoms with E-state index in [1.807, 2.05) is 35.9 Å².